The van der Waals surface area contributed by atoms with Gasteiger partial charge in [0.25, 0.3) is 0 Å². The van der Waals surface area contributed by atoms with Crippen molar-refractivity contribution in [3.05, 3.63) is 50.9 Å². The van der Waals surface area contributed by atoms with Gasteiger partial charge in [0, 0.05) is 9.50 Å². The number of benzene rings is 2. The van der Waals surface area contributed by atoms with Crippen LogP contribution in [0.25, 0.3) is 22.6 Å². The molecule has 0 saturated carbocycles. The van der Waals surface area contributed by atoms with Crippen LogP contribution in [-0.4, -0.2) is 4.98 Å². The average molecular weight is 343 g/mol. The van der Waals surface area contributed by atoms with Crippen molar-refractivity contribution in [1.82, 2.24) is 4.98 Å². The van der Waals surface area contributed by atoms with E-state index in [0.29, 0.717) is 15.9 Å². The van der Waals surface area contributed by atoms with E-state index in [4.69, 9.17) is 27.6 Å². The van der Waals surface area contributed by atoms with Crippen molar-refractivity contribution < 1.29 is 4.42 Å². The quantitative estimate of drug-likeness (QED) is 0.578. The third kappa shape index (κ3) is 2.14. The van der Waals surface area contributed by atoms with Gasteiger partial charge in [-0.2, -0.15) is 0 Å². The Bertz CT molecular complexity index is 739. The molecule has 2 aromatic carbocycles. The van der Waals surface area contributed by atoms with Crippen LogP contribution in [0.15, 0.2) is 45.3 Å². The Hall–Kier alpha value is -1.03. The zero-order valence-electron chi connectivity index (χ0n) is 8.95. The number of rotatable bonds is 1. The Morgan fingerprint density at radius 2 is 1.89 bits per heavy atom. The molecule has 0 bridgehead atoms. The summed E-state index contributed by atoms with van der Waals surface area (Å²) in [5.41, 5.74) is 2.23. The van der Waals surface area contributed by atoms with Crippen molar-refractivity contribution in [2.45, 2.75) is 0 Å². The molecule has 0 atom stereocenters. The summed E-state index contributed by atoms with van der Waals surface area (Å²) in [5, 5.41) is 1.11. The van der Waals surface area contributed by atoms with E-state index in [0.717, 1.165) is 21.1 Å². The molecular weight excluding hydrogens is 337 g/mol. The summed E-state index contributed by atoms with van der Waals surface area (Å²) in [6.07, 6.45) is 0. The lowest BCUT2D eigenvalue weighted by molar-refractivity contribution is 0.620. The van der Waals surface area contributed by atoms with Gasteiger partial charge in [0.2, 0.25) is 5.89 Å². The first-order valence-corrected chi connectivity index (χ1v) is 6.70. The number of nitrogens with zero attached hydrogens (tertiary/aromatic N) is 1. The van der Waals surface area contributed by atoms with Gasteiger partial charge in [-0.3, -0.25) is 0 Å². The molecule has 1 aromatic heterocycles. The summed E-state index contributed by atoms with van der Waals surface area (Å²) in [7, 11) is 0. The number of oxazole rings is 1. The highest BCUT2D eigenvalue weighted by Gasteiger charge is 2.12. The van der Waals surface area contributed by atoms with Crippen molar-refractivity contribution in [2.24, 2.45) is 0 Å². The standard InChI is InChI=1S/C13H6BrCl2NO/c14-7-1-4-12-11(5-7)17-13(18-12)9-3-2-8(15)6-10(9)16/h1-6H. The maximum Gasteiger partial charge on any atom is 0.228 e. The first-order chi connectivity index (χ1) is 8.63. The smallest absolute Gasteiger partial charge is 0.228 e. The Morgan fingerprint density at radius 1 is 1.06 bits per heavy atom. The topological polar surface area (TPSA) is 26.0 Å². The second-order valence-electron chi connectivity index (χ2n) is 3.76. The number of hydrogen-bond donors (Lipinski definition) is 0. The SMILES string of the molecule is Clc1ccc(-c2nc3cc(Br)ccc3o2)c(Cl)c1. The Morgan fingerprint density at radius 3 is 2.67 bits per heavy atom. The molecule has 3 rings (SSSR count). The number of aromatic nitrogens is 1. The fraction of sp³-hybridized carbons (Fsp3) is 0. The number of halogens is 3. The van der Waals surface area contributed by atoms with Crippen molar-refractivity contribution >= 4 is 50.2 Å². The molecule has 0 aliphatic rings. The molecule has 0 aliphatic heterocycles. The Kier molecular flexibility index (Phi) is 3.06. The summed E-state index contributed by atoms with van der Waals surface area (Å²) >= 11 is 15.4. The van der Waals surface area contributed by atoms with Crippen LogP contribution in [-0.2, 0) is 0 Å². The zero-order chi connectivity index (χ0) is 12.7. The lowest BCUT2D eigenvalue weighted by atomic mass is 10.2. The van der Waals surface area contributed by atoms with Crippen LogP contribution in [0.3, 0.4) is 0 Å². The minimum absolute atomic E-state index is 0.491. The summed E-state index contributed by atoms with van der Waals surface area (Å²) in [6.45, 7) is 0. The summed E-state index contributed by atoms with van der Waals surface area (Å²) < 4.78 is 6.63. The van der Waals surface area contributed by atoms with Crippen molar-refractivity contribution in [3.63, 3.8) is 0 Å². The fourth-order valence-electron chi connectivity index (χ4n) is 1.68. The van der Waals surface area contributed by atoms with Crippen LogP contribution in [0.2, 0.25) is 10.0 Å². The van der Waals surface area contributed by atoms with E-state index in [1.165, 1.54) is 0 Å². The zero-order valence-corrected chi connectivity index (χ0v) is 12.1. The van der Waals surface area contributed by atoms with E-state index in [2.05, 4.69) is 20.9 Å². The molecule has 3 aromatic rings. The molecule has 0 aliphatic carbocycles. The predicted molar refractivity (Wildman–Crippen MR) is 77.2 cm³/mol. The van der Waals surface area contributed by atoms with E-state index >= 15 is 0 Å². The number of fused-ring (bicyclic) bond motifs is 1. The summed E-state index contributed by atoms with van der Waals surface area (Å²) in [4.78, 5) is 4.41. The minimum atomic E-state index is 0.491. The van der Waals surface area contributed by atoms with Crippen LogP contribution in [0.4, 0.5) is 0 Å². The van der Waals surface area contributed by atoms with E-state index in [9.17, 15) is 0 Å². The predicted octanol–water partition coefficient (Wildman–Crippen LogP) is 5.56. The van der Waals surface area contributed by atoms with Gasteiger partial charge in [-0.25, -0.2) is 4.98 Å². The van der Waals surface area contributed by atoms with Crippen LogP contribution < -0.4 is 0 Å². The molecule has 0 N–H and O–H groups in total. The molecule has 0 unspecified atom stereocenters. The van der Waals surface area contributed by atoms with Gasteiger partial charge in [-0.1, -0.05) is 39.1 Å². The molecule has 2 nitrogen and oxygen atoms in total. The lowest BCUT2D eigenvalue weighted by Gasteiger charge is -1.98. The van der Waals surface area contributed by atoms with E-state index in [-0.39, 0.29) is 0 Å². The molecule has 90 valence electrons. The van der Waals surface area contributed by atoms with Crippen molar-refractivity contribution in [1.29, 1.82) is 0 Å². The summed E-state index contributed by atoms with van der Waals surface area (Å²) in [5.74, 6) is 0.491. The molecule has 0 amide bonds. The highest BCUT2D eigenvalue weighted by molar-refractivity contribution is 9.10. The molecule has 18 heavy (non-hydrogen) atoms. The van der Waals surface area contributed by atoms with Gasteiger partial charge in [-0.05, 0) is 36.4 Å². The Balaban J connectivity index is 2.19. The minimum Gasteiger partial charge on any atom is -0.436 e. The van der Waals surface area contributed by atoms with Crippen LogP contribution in [0.1, 0.15) is 0 Å². The maximum atomic E-state index is 6.13. The first-order valence-electron chi connectivity index (χ1n) is 5.15. The molecule has 0 fully saturated rings. The third-order valence-electron chi connectivity index (χ3n) is 2.51. The van der Waals surface area contributed by atoms with Gasteiger partial charge in [-0.15, -0.1) is 0 Å². The molecule has 0 spiro atoms. The van der Waals surface area contributed by atoms with E-state index in [1.54, 1.807) is 18.2 Å². The molecule has 0 radical (unpaired) electrons. The average Bonchev–Trinajstić information content (AvgIpc) is 2.71. The van der Waals surface area contributed by atoms with E-state index < -0.39 is 0 Å². The second-order valence-corrected chi connectivity index (χ2v) is 5.51. The molecule has 1 heterocycles. The van der Waals surface area contributed by atoms with Crippen LogP contribution >= 0.6 is 39.1 Å². The lowest BCUT2D eigenvalue weighted by Crippen LogP contribution is -1.79. The first kappa shape index (κ1) is 12.0. The maximum absolute atomic E-state index is 6.13. The summed E-state index contributed by atoms with van der Waals surface area (Å²) in [6, 6.07) is 10.9. The second kappa shape index (κ2) is 4.57. The van der Waals surface area contributed by atoms with Gasteiger partial charge in [0.05, 0.1) is 10.6 Å². The Labute approximate surface area is 122 Å². The largest absolute Gasteiger partial charge is 0.436 e. The van der Waals surface area contributed by atoms with Gasteiger partial charge in [0.15, 0.2) is 5.58 Å². The van der Waals surface area contributed by atoms with Crippen molar-refractivity contribution in [3.8, 4) is 11.5 Å². The third-order valence-corrected chi connectivity index (χ3v) is 3.55. The molecule has 0 saturated heterocycles. The molecule has 5 heteroatoms. The van der Waals surface area contributed by atoms with Crippen LogP contribution in [0.5, 0.6) is 0 Å². The van der Waals surface area contributed by atoms with E-state index in [1.807, 2.05) is 18.2 Å². The number of hydrogen-bond acceptors (Lipinski definition) is 2. The van der Waals surface area contributed by atoms with Crippen LogP contribution in [0, 0.1) is 0 Å². The highest BCUT2D eigenvalue weighted by atomic mass is 79.9. The monoisotopic (exact) mass is 341 g/mol. The van der Waals surface area contributed by atoms with Crippen molar-refractivity contribution in [2.75, 3.05) is 0 Å². The van der Waals surface area contributed by atoms with Gasteiger partial charge < -0.3 is 4.42 Å². The fourth-order valence-corrected chi connectivity index (χ4v) is 2.52. The normalized spacial score (nSPS) is 11.1. The highest BCUT2D eigenvalue weighted by Crippen LogP contribution is 2.32. The van der Waals surface area contributed by atoms with Gasteiger partial charge >= 0.3 is 0 Å². The van der Waals surface area contributed by atoms with Gasteiger partial charge in [0.1, 0.15) is 5.52 Å². The molecular formula is C13H6BrCl2NO.